The zero-order valence-electron chi connectivity index (χ0n) is 10.7. The number of hydrazone groups is 1. The van der Waals surface area contributed by atoms with Gasteiger partial charge in [0.25, 0.3) is 0 Å². The maximum absolute atomic E-state index is 5.91. The van der Waals surface area contributed by atoms with Crippen LogP contribution in [0, 0.1) is 6.92 Å². The molecule has 1 N–H and O–H groups in total. The van der Waals surface area contributed by atoms with Gasteiger partial charge in [-0.2, -0.15) is 5.10 Å². The van der Waals surface area contributed by atoms with Gasteiger partial charge in [-0.1, -0.05) is 35.3 Å². The lowest BCUT2D eigenvalue weighted by Gasteiger charge is -2.07. The van der Waals surface area contributed by atoms with Crippen molar-refractivity contribution in [3.63, 3.8) is 0 Å². The molecule has 0 radical (unpaired) electrons. The maximum atomic E-state index is 5.91. The normalized spacial score (nSPS) is 11.5. The molecule has 2 aromatic rings. The third-order valence-corrected chi connectivity index (χ3v) is 3.28. The van der Waals surface area contributed by atoms with Gasteiger partial charge >= 0.3 is 0 Å². The van der Waals surface area contributed by atoms with Gasteiger partial charge in [-0.15, -0.1) is 0 Å². The molecule has 4 heteroatoms. The Morgan fingerprint density at radius 3 is 2.26 bits per heavy atom. The van der Waals surface area contributed by atoms with Crippen molar-refractivity contribution in [3.05, 3.63) is 63.6 Å². The summed E-state index contributed by atoms with van der Waals surface area (Å²) >= 11 is 11.8. The van der Waals surface area contributed by atoms with Gasteiger partial charge in [0.1, 0.15) is 0 Å². The SMILES string of the molecule is C/C(=N/Nc1ccc(Cl)cc1C)c1ccc(Cl)cc1. The number of hydrogen-bond acceptors (Lipinski definition) is 2. The van der Waals surface area contributed by atoms with Crippen LogP contribution in [0.2, 0.25) is 10.0 Å². The monoisotopic (exact) mass is 292 g/mol. The van der Waals surface area contributed by atoms with Crippen LogP contribution in [0.15, 0.2) is 47.6 Å². The second kappa shape index (κ2) is 6.09. The van der Waals surface area contributed by atoms with E-state index in [2.05, 4.69) is 10.5 Å². The topological polar surface area (TPSA) is 24.4 Å². The van der Waals surface area contributed by atoms with Gasteiger partial charge in [0.2, 0.25) is 0 Å². The Morgan fingerprint density at radius 2 is 1.63 bits per heavy atom. The van der Waals surface area contributed by atoms with Gasteiger partial charge in [0, 0.05) is 10.0 Å². The lowest BCUT2D eigenvalue weighted by Crippen LogP contribution is -2.00. The van der Waals surface area contributed by atoms with Crippen LogP contribution in [0.25, 0.3) is 0 Å². The quantitative estimate of drug-likeness (QED) is 0.615. The number of hydrogen-bond donors (Lipinski definition) is 1. The Labute approximate surface area is 123 Å². The Kier molecular flexibility index (Phi) is 4.46. The number of anilines is 1. The highest BCUT2D eigenvalue weighted by Crippen LogP contribution is 2.19. The molecule has 0 aromatic heterocycles. The van der Waals surface area contributed by atoms with Crippen molar-refractivity contribution >= 4 is 34.6 Å². The molecule has 2 nitrogen and oxygen atoms in total. The molecule has 19 heavy (non-hydrogen) atoms. The number of aryl methyl sites for hydroxylation is 1. The second-order valence-electron chi connectivity index (χ2n) is 4.28. The van der Waals surface area contributed by atoms with Crippen LogP contribution in [0.4, 0.5) is 5.69 Å². The van der Waals surface area contributed by atoms with Gasteiger partial charge in [0.05, 0.1) is 11.4 Å². The molecule has 0 aliphatic carbocycles. The molecule has 98 valence electrons. The van der Waals surface area contributed by atoms with E-state index in [0.29, 0.717) is 0 Å². The van der Waals surface area contributed by atoms with E-state index in [4.69, 9.17) is 23.2 Å². The van der Waals surface area contributed by atoms with E-state index in [9.17, 15) is 0 Å². The summed E-state index contributed by atoms with van der Waals surface area (Å²) < 4.78 is 0. The number of rotatable bonds is 3. The summed E-state index contributed by atoms with van der Waals surface area (Å²) in [6, 6.07) is 13.2. The maximum Gasteiger partial charge on any atom is 0.0648 e. The van der Waals surface area contributed by atoms with Crippen molar-refractivity contribution in [2.75, 3.05) is 5.43 Å². The van der Waals surface area contributed by atoms with Crippen LogP contribution in [0.3, 0.4) is 0 Å². The van der Waals surface area contributed by atoms with Crippen molar-refractivity contribution in [1.29, 1.82) is 0 Å². The molecule has 0 amide bonds. The molecule has 0 aliphatic rings. The Hall–Kier alpha value is -1.51. The van der Waals surface area contributed by atoms with Crippen LogP contribution in [0.1, 0.15) is 18.1 Å². The highest BCUT2D eigenvalue weighted by atomic mass is 35.5. The molecule has 0 saturated carbocycles. The molecule has 0 aliphatic heterocycles. The number of nitrogens with one attached hydrogen (secondary N) is 1. The third-order valence-electron chi connectivity index (χ3n) is 2.79. The fourth-order valence-electron chi connectivity index (χ4n) is 1.65. The molecule has 2 rings (SSSR count). The minimum Gasteiger partial charge on any atom is -0.278 e. The standard InChI is InChI=1S/C15H14Cl2N2/c1-10-9-14(17)7-8-15(10)19-18-11(2)12-3-5-13(16)6-4-12/h3-9,19H,1-2H3/b18-11-. The van der Waals surface area contributed by atoms with Crippen LogP contribution in [-0.4, -0.2) is 5.71 Å². The summed E-state index contributed by atoms with van der Waals surface area (Å²) in [5, 5.41) is 5.81. The van der Waals surface area contributed by atoms with E-state index < -0.39 is 0 Å². The minimum atomic E-state index is 0.720. The first-order valence-electron chi connectivity index (χ1n) is 5.88. The van der Waals surface area contributed by atoms with Crippen molar-refractivity contribution in [1.82, 2.24) is 0 Å². The smallest absolute Gasteiger partial charge is 0.0648 e. The predicted molar refractivity (Wildman–Crippen MR) is 83.5 cm³/mol. The molecule has 0 saturated heterocycles. The fourth-order valence-corrected chi connectivity index (χ4v) is 2.00. The molecular formula is C15H14Cl2N2. The summed E-state index contributed by atoms with van der Waals surface area (Å²) in [7, 11) is 0. The van der Waals surface area contributed by atoms with E-state index in [1.54, 1.807) is 0 Å². The zero-order valence-corrected chi connectivity index (χ0v) is 12.3. The van der Waals surface area contributed by atoms with Crippen LogP contribution in [-0.2, 0) is 0 Å². The van der Waals surface area contributed by atoms with Crippen molar-refractivity contribution < 1.29 is 0 Å². The Bertz CT molecular complexity index is 604. The van der Waals surface area contributed by atoms with E-state index >= 15 is 0 Å². The first-order valence-corrected chi connectivity index (χ1v) is 6.64. The van der Waals surface area contributed by atoms with Gasteiger partial charge in [-0.3, -0.25) is 5.43 Å². The van der Waals surface area contributed by atoms with E-state index in [1.165, 1.54) is 0 Å². The summed E-state index contributed by atoms with van der Waals surface area (Å²) in [5.74, 6) is 0. The van der Waals surface area contributed by atoms with E-state index in [0.717, 1.165) is 32.6 Å². The molecule has 0 spiro atoms. The third kappa shape index (κ3) is 3.72. The Balaban J connectivity index is 2.15. The van der Waals surface area contributed by atoms with E-state index in [-0.39, 0.29) is 0 Å². The van der Waals surface area contributed by atoms with Gasteiger partial charge in [0.15, 0.2) is 0 Å². The van der Waals surface area contributed by atoms with E-state index in [1.807, 2.05) is 56.3 Å². The molecule has 2 aromatic carbocycles. The summed E-state index contributed by atoms with van der Waals surface area (Å²) in [4.78, 5) is 0. The average molecular weight is 293 g/mol. The van der Waals surface area contributed by atoms with Crippen LogP contribution in [0.5, 0.6) is 0 Å². The summed E-state index contributed by atoms with van der Waals surface area (Å²) in [6.07, 6.45) is 0. The average Bonchev–Trinajstić information content (AvgIpc) is 2.38. The summed E-state index contributed by atoms with van der Waals surface area (Å²) in [6.45, 7) is 3.93. The molecule has 0 fully saturated rings. The van der Waals surface area contributed by atoms with Crippen molar-refractivity contribution in [2.24, 2.45) is 5.10 Å². The van der Waals surface area contributed by atoms with Crippen molar-refractivity contribution in [3.8, 4) is 0 Å². The highest BCUT2D eigenvalue weighted by Gasteiger charge is 2.00. The van der Waals surface area contributed by atoms with Crippen LogP contribution >= 0.6 is 23.2 Å². The van der Waals surface area contributed by atoms with Gasteiger partial charge in [-0.05, 0) is 55.3 Å². The zero-order chi connectivity index (χ0) is 13.8. The number of nitrogens with zero attached hydrogens (tertiary/aromatic N) is 1. The number of benzene rings is 2. The molecule has 0 unspecified atom stereocenters. The first-order chi connectivity index (χ1) is 9.06. The lowest BCUT2D eigenvalue weighted by molar-refractivity contribution is 1.29. The molecule has 0 atom stereocenters. The second-order valence-corrected chi connectivity index (χ2v) is 5.15. The van der Waals surface area contributed by atoms with Gasteiger partial charge in [-0.25, -0.2) is 0 Å². The predicted octanol–water partition coefficient (Wildman–Crippen LogP) is 5.14. The molecule has 0 heterocycles. The molecular weight excluding hydrogens is 279 g/mol. The highest BCUT2D eigenvalue weighted by molar-refractivity contribution is 6.31. The Morgan fingerprint density at radius 1 is 1.00 bits per heavy atom. The lowest BCUT2D eigenvalue weighted by atomic mass is 10.1. The minimum absolute atomic E-state index is 0.720. The fraction of sp³-hybridized carbons (Fsp3) is 0.133. The largest absolute Gasteiger partial charge is 0.278 e. The van der Waals surface area contributed by atoms with Crippen molar-refractivity contribution in [2.45, 2.75) is 13.8 Å². The summed E-state index contributed by atoms with van der Waals surface area (Å²) in [5.41, 5.74) is 6.97. The number of halogens is 2. The van der Waals surface area contributed by atoms with Gasteiger partial charge < -0.3 is 0 Å². The van der Waals surface area contributed by atoms with Crippen LogP contribution < -0.4 is 5.43 Å². The first kappa shape index (κ1) is 13.9. The molecule has 0 bridgehead atoms.